The number of Topliss-reactive ketones (excluding diaryl/α,β-unsaturated/α-hetero) is 3. The van der Waals surface area contributed by atoms with Crippen LogP contribution in [0.3, 0.4) is 0 Å². The maximum Gasteiger partial charge on any atom is 0.306 e. The van der Waals surface area contributed by atoms with Crippen molar-refractivity contribution in [2.45, 2.75) is 221 Å². The summed E-state index contributed by atoms with van der Waals surface area (Å²) in [6.45, 7) is 21.8. The molecule has 1 aromatic heterocycles. The van der Waals surface area contributed by atoms with Gasteiger partial charge in [0.15, 0.2) is 23.5 Å². The van der Waals surface area contributed by atoms with Crippen molar-refractivity contribution in [1.82, 2.24) is 25.4 Å². The smallest absolute Gasteiger partial charge is 0.306 e. The van der Waals surface area contributed by atoms with Crippen molar-refractivity contribution in [3.05, 3.63) is 75.8 Å². The van der Waals surface area contributed by atoms with Gasteiger partial charge in [0.05, 0.1) is 18.0 Å². The summed E-state index contributed by atoms with van der Waals surface area (Å²) in [5, 5.41) is 17.9. The number of allylic oxidation sites excluding steroid dienone is 3. The zero-order chi connectivity index (χ0) is 63.8. The molecule has 2 heterocycles. The zero-order valence-electron chi connectivity index (χ0n) is 53.0. The Morgan fingerprint density at radius 2 is 1.57 bits per heavy atom. The minimum Gasteiger partial charge on any atom is -0.481 e. The van der Waals surface area contributed by atoms with Crippen LogP contribution in [0.5, 0.6) is 0 Å². The highest BCUT2D eigenvalue weighted by molar-refractivity contribution is 7.09. The number of likely N-dealkylation sites (N-methyl/N-ethyl adjacent to an activating group) is 1. The summed E-state index contributed by atoms with van der Waals surface area (Å²) >= 11 is 1.13. The van der Waals surface area contributed by atoms with E-state index < -0.39 is 71.6 Å². The van der Waals surface area contributed by atoms with E-state index in [1.165, 1.54) is 6.92 Å². The van der Waals surface area contributed by atoms with Crippen molar-refractivity contribution < 1.29 is 57.8 Å². The van der Waals surface area contributed by atoms with Gasteiger partial charge in [-0.1, -0.05) is 124 Å². The van der Waals surface area contributed by atoms with Crippen LogP contribution in [-0.4, -0.2) is 123 Å². The lowest BCUT2D eigenvalue weighted by molar-refractivity contribution is -0.150. The number of nitrogens with one attached hydrogen (secondary N) is 2. The van der Waals surface area contributed by atoms with E-state index in [1.807, 2.05) is 60.4 Å². The van der Waals surface area contributed by atoms with Crippen molar-refractivity contribution >= 4 is 70.0 Å². The maximum absolute atomic E-state index is 14.9. The van der Waals surface area contributed by atoms with Crippen LogP contribution in [0.15, 0.2) is 53.9 Å². The van der Waals surface area contributed by atoms with Gasteiger partial charge in [0.25, 0.3) is 5.91 Å². The number of primary amides is 1. The Morgan fingerprint density at radius 1 is 0.872 bits per heavy atom. The van der Waals surface area contributed by atoms with Gasteiger partial charge in [0, 0.05) is 87.2 Å². The summed E-state index contributed by atoms with van der Waals surface area (Å²) in [4.78, 5) is 143. The van der Waals surface area contributed by atoms with Crippen LogP contribution >= 0.6 is 11.3 Å². The molecule has 10 atom stereocenters. The number of benzene rings is 1. The quantitative estimate of drug-likeness (QED) is 0.0357. The van der Waals surface area contributed by atoms with Crippen LogP contribution in [0, 0.1) is 41.4 Å². The molecule has 5 N–H and O–H groups in total. The number of hydrogen-bond donors (Lipinski definition) is 4. The summed E-state index contributed by atoms with van der Waals surface area (Å²) < 4.78 is 5.96. The lowest BCUT2D eigenvalue weighted by Gasteiger charge is -2.39. The van der Waals surface area contributed by atoms with Crippen LogP contribution in [0.1, 0.15) is 211 Å². The third-order valence-electron chi connectivity index (χ3n) is 17.4. The van der Waals surface area contributed by atoms with Gasteiger partial charge < -0.3 is 31.1 Å². The third-order valence-corrected chi connectivity index (χ3v) is 18.4. The molecule has 1 unspecified atom stereocenters. The molecule has 19 heteroatoms. The van der Waals surface area contributed by atoms with Crippen molar-refractivity contribution in [2.75, 3.05) is 20.1 Å². The molecule has 1 aliphatic heterocycles. The second-order valence-corrected chi connectivity index (χ2v) is 25.9. The van der Waals surface area contributed by atoms with E-state index >= 15 is 0 Å². The highest BCUT2D eigenvalue weighted by atomic mass is 32.1. The Balaban J connectivity index is 1.54. The van der Waals surface area contributed by atoms with Gasteiger partial charge >= 0.3 is 11.9 Å². The van der Waals surface area contributed by atoms with Gasteiger partial charge in [-0.15, -0.1) is 11.3 Å². The predicted octanol–water partition coefficient (Wildman–Crippen LogP) is 10.1. The second kappa shape index (κ2) is 36.2. The van der Waals surface area contributed by atoms with E-state index in [2.05, 4.69) is 22.1 Å². The molecule has 1 aromatic carbocycles. The number of amides is 4. The van der Waals surface area contributed by atoms with E-state index in [1.54, 1.807) is 48.7 Å². The molecule has 18 nitrogen and oxygen atoms in total. The minimum atomic E-state index is -1.07. The number of thiazole rings is 1. The van der Waals surface area contributed by atoms with Crippen LogP contribution < -0.4 is 16.4 Å². The Morgan fingerprint density at radius 3 is 2.17 bits per heavy atom. The summed E-state index contributed by atoms with van der Waals surface area (Å²) in [6.07, 6.45) is 11.0. The molecule has 0 bridgehead atoms. The fourth-order valence-corrected chi connectivity index (χ4v) is 12.8. The monoisotopic (exact) mass is 1210 g/mol. The largest absolute Gasteiger partial charge is 0.481 e. The molecule has 1 saturated heterocycles. The number of esters is 1. The molecule has 2 aromatic rings. The first-order chi connectivity index (χ1) is 40.8. The SMILES string of the molecule is C=C1C=CC(=O)C1CCCCCC(=O)C[C@H](C(=O)N[C@@H](CCCCC(N)=O)C(=O)Cc1ccccc1C[C@@H](C[C@H](C)C(=O)O)NC(=O)c1csc([C@@H](C[C@H](C(C)C)N(CCC)C(=O)[C@@H](CC(=O)[C@H]2CCCCN2C)[C@@H](C)CC)OC(C)=O)n1)C(C)C. The number of likely N-dealkylation sites (tertiary alicyclic amines) is 1. The van der Waals surface area contributed by atoms with E-state index in [9.17, 15) is 53.1 Å². The summed E-state index contributed by atoms with van der Waals surface area (Å²) in [6, 6.07) is 4.71. The van der Waals surface area contributed by atoms with Crippen LogP contribution in [0.25, 0.3) is 0 Å². The first-order valence-electron chi connectivity index (χ1n) is 31.6. The van der Waals surface area contributed by atoms with E-state index in [0.29, 0.717) is 61.2 Å². The molecule has 476 valence electrons. The number of nitrogens with zero attached hydrogens (tertiary/aromatic N) is 3. The molecule has 0 saturated carbocycles. The van der Waals surface area contributed by atoms with E-state index in [-0.39, 0.29) is 122 Å². The first-order valence-corrected chi connectivity index (χ1v) is 32.4. The Kier molecular flexibility index (Phi) is 30.4. The number of unbranched alkanes of at least 4 members (excludes halogenated alkanes) is 3. The molecular weight excluding hydrogens is 1110 g/mol. The van der Waals surface area contributed by atoms with Crippen molar-refractivity contribution in [2.24, 2.45) is 47.2 Å². The molecule has 86 heavy (non-hydrogen) atoms. The number of carboxylic acid groups (broad SMARTS) is 1. The number of aliphatic carboxylic acids is 1. The van der Waals surface area contributed by atoms with Gasteiger partial charge in [-0.25, -0.2) is 4.98 Å². The summed E-state index contributed by atoms with van der Waals surface area (Å²) in [7, 11) is 1.97. The van der Waals surface area contributed by atoms with Gasteiger partial charge in [0.1, 0.15) is 16.5 Å². The standard InChI is InChI=1S/C67H100N6O12S/c1-12-32-73(66(82)53(43(7)13-2)38-60(78)56-28-21-22-33-72(56)11)57(42(5)6)39-61(85-46(10)74)65-71-55(40-86-65)64(81)69-49(34-45(9)67(83)84)35-47-23-17-18-24-48(47)36-59(77)54(27-19-20-29-62(68)79)70-63(80)52(41(3)4)37-50(75)25-15-14-16-26-51-44(8)30-31-58(51)76/h17-18,23-24,30-31,40-43,45,49,51-54,56-57,61H,8,12-16,19-22,25-29,32-39H2,1-7,9-11H3,(H2,68,79)(H,69,81)(H,70,80)(H,83,84)/t43-,45-,49+,51?,52-,53-,54-,56+,57+,61+/m0/s1. The number of ether oxygens (including phenoxy) is 1. The number of ketones is 4. The molecule has 0 spiro atoms. The number of piperidine rings is 1. The highest BCUT2D eigenvalue weighted by Gasteiger charge is 2.39. The Labute approximate surface area is 515 Å². The van der Waals surface area contributed by atoms with E-state index in [4.69, 9.17) is 15.5 Å². The molecule has 4 amide bonds. The fourth-order valence-electron chi connectivity index (χ4n) is 11.9. The summed E-state index contributed by atoms with van der Waals surface area (Å²) in [5.41, 5.74) is 7.50. The van der Waals surface area contributed by atoms with Crippen molar-refractivity contribution in [1.29, 1.82) is 0 Å². The molecule has 2 aliphatic rings. The number of carboxylic acids is 1. The molecular formula is C67H100N6O12S. The van der Waals surface area contributed by atoms with Crippen molar-refractivity contribution in [3.8, 4) is 0 Å². The van der Waals surface area contributed by atoms with Crippen LogP contribution in [0.4, 0.5) is 0 Å². The van der Waals surface area contributed by atoms with Crippen LogP contribution in [-0.2, 0) is 60.7 Å². The average Bonchev–Trinajstić information content (AvgIpc) is 2.56. The summed E-state index contributed by atoms with van der Waals surface area (Å²) in [5.74, 6) is -6.28. The average molecular weight is 1210 g/mol. The molecule has 4 rings (SSSR count). The zero-order valence-corrected chi connectivity index (χ0v) is 53.8. The van der Waals surface area contributed by atoms with Gasteiger partial charge in [-0.2, -0.15) is 0 Å². The number of carbonyl (C=O) groups excluding carboxylic acids is 9. The number of aromatic nitrogens is 1. The van der Waals surface area contributed by atoms with Gasteiger partial charge in [0.2, 0.25) is 17.7 Å². The topological polar surface area (TPSA) is 270 Å². The van der Waals surface area contributed by atoms with Crippen molar-refractivity contribution in [3.63, 3.8) is 0 Å². The first kappa shape index (κ1) is 72.3. The molecule has 1 aliphatic carbocycles. The number of carbonyl (C=O) groups is 10. The number of rotatable bonds is 40. The lowest BCUT2D eigenvalue weighted by atomic mass is 9.82. The fraction of sp³-hybridized carbons (Fsp3) is 0.657. The third kappa shape index (κ3) is 22.8. The predicted molar refractivity (Wildman–Crippen MR) is 334 cm³/mol. The minimum absolute atomic E-state index is 0.00514. The number of nitrogens with two attached hydrogens (primary N) is 1. The normalized spacial score (nSPS) is 18.1. The van der Waals surface area contributed by atoms with E-state index in [0.717, 1.165) is 55.6 Å². The van der Waals surface area contributed by atoms with Gasteiger partial charge in [-0.3, -0.25) is 52.8 Å². The highest BCUT2D eigenvalue weighted by Crippen LogP contribution is 2.34. The van der Waals surface area contributed by atoms with Crippen LogP contribution in [0.2, 0.25) is 0 Å². The molecule has 0 radical (unpaired) electrons. The molecule has 1 fully saturated rings. The Hall–Kier alpha value is -6.21. The maximum atomic E-state index is 14.9. The Bertz CT molecular complexity index is 2660. The van der Waals surface area contributed by atoms with Gasteiger partial charge in [-0.05, 0) is 112 Å². The lowest BCUT2D eigenvalue weighted by Crippen LogP contribution is -2.50. The number of hydrogen-bond acceptors (Lipinski definition) is 14. The second-order valence-electron chi connectivity index (χ2n) is 25.0.